The van der Waals surface area contributed by atoms with Crippen molar-refractivity contribution < 1.29 is 23.2 Å². The number of hydrogen-bond acceptors (Lipinski definition) is 6. The van der Waals surface area contributed by atoms with Crippen LogP contribution in [0.4, 0.5) is 16.2 Å². The van der Waals surface area contributed by atoms with Gasteiger partial charge in [0, 0.05) is 13.1 Å². The summed E-state index contributed by atoms with van der Waals surface area (Å²) in [6.07, 6.45) is -1.70. The first-order chi connectivity index (χ1) is 8.17. The highest BCUT2D eigenvalue weighted by molar-refractivity contribution is 7.89. The summed E-state index contributed by atoms with van der Waals surface area (Å²) in [5, 5.41) is 19.2. The summed E-state index contributed by atoms with van der Waals surface area (Å²) in [4.78, 5) is 19.8. The number of benzene rings is 1. The van der Waals surface area contributed by atoms with E-state index in [0.29, 0.717) is 6.07 Å². The van der Waals surface area contributed by atoms with E-state index in [4.69, 9.17) is 10.8 Å². The van der Waals surface area contributed by atoms with Crippen molar-refractivity contribution in [1.29, 1.82) is 0 Å². The predicted molar refractivity (Wildman–Crippen MR) is 60.5 cm³/mol. The van der Waals surface area contributed by atoms with Crippen LogP contribution in [0.2, 0.25) is 0 Å². The zero-order valence-electron chi connectivity index (χ0n) is 9.10. The van der Waals surface area contributed by atoms with Crippen molar-refractivity contribution in [3.8, 4) is 0 Å². The lowest BCUT2D eigenvalue weighted by Gasteiger charge is -2.13. The molecule has 1 amide bonds. The molecule has 1 rings (SSSR count). The molecule has 0 saturated carbocycles. The summed E-state index contributed by atoms with van der Waals surface area (Å²) in [5.74, 6) is 0. The normalized spacial score (nSPS) is 10.9. The summed E-state index contributed by atoms with van der Waals surface area (Å²) in [6, 6.07) is 2.74. The van der Waals surface area contributed by atoms with E-state index in [-0.39, 0.29) is 9.99 Å². The molecular formula is C8H9N3O6S. The predicted octanol–water partition coefficient (Wildman–Crippen LogP) is 0.476. The Morgan fingerprint density at radius 3 is 2.50 bits per heavy atom. The third-order valence-electron chi connectivity index (χ3n) is 2.13. The number of nitro benzene ring substituents is 1. The second kappa shape index (κ2) is 4.49. The minimum Gasteiger partial charge on any atom is -0.464 e. The number of nitrogens with two attached hydrogens (primary N) is 1. The van der Waals surface area contributed by atoms with Crippen molar-refractivity contribution in [3.63, 3.8) is 0 Å². The number of carboxylic acid groups (broad SMARTS) is 1. The topological polar surface area (TPSA) is 144 Å². The number of anilines is 1. The smallest absolute Gasteiger partial charge is 0.421 e. The van der Waals surface area contributed by atoms with Gasteiger partial charge in [0.15, 0.2) is 0 Å². The molecule has 0 spiro atoms. The fourth-order valence-corrected chi connectivity index (χ4v) is 2.13. The van der Waals surface area contributed by atoms with Crippen LogP contribution in [0.15, 0.2) is 23.1 Å². The van der Waals surface area contributed by atoms with Crippen LogP contribution in [0, 0.1) is 10.1 Å². The van der Waals surface area contributed by atoms with E-state index in [1.165, 1.54) is 0 Å². The fraction of sp³-hybridized carbons (Fsp3) is 0.125. The van der Waals surface area contributed by atoms with Crippen LogP contribution in [-0.2, 0) is 10.0 Å². The molecule has 0 atom stereocenters. The molecule has 0 aliphatic rings. The average Bonchev–Trinajstić information content (AvgIpc) is 2.27. The zero-order valence-corrected chi connectivity index (χ0v) is 9.92. The molecular weight excluding hydrogens is 266 g/mol. The minimum atomic E-state index is -4.34. The molecule has 0 aliphatic heterocycles. The lowest BCUT2D eigenvalue weighted by atomic mass is 10.3. The van der Waals surface area contributed by atoms with Crippen molar-refractivity contribution >= 4 is 27.5 Å². The van der Waals surface area contributed by atoms with E-state index in [0.717, 1.165) is 19.2 Å². The third-order valence-corrected chi connectivity index (χ3v) is 3.85. The molecule has 0 saturated heterocycles. The first-order valence-electron chi connectivity index (χ1n) is 4.43. The Morgan fingerprint density at radius 2 is 2.06 bits per heavy atom. The Labute approximate surface area is 102 Å². The molecule has 0 fully saturated rings. The highest BCUT2D eigenvalue weighted by Crippen LogP contribution is 2.26. The first kappa shape index (κ1) is 13.7. The Bertz CT molecular complexity index is 611. The molecule has 0 aliphatic carbocycles. The third kappa shape index (κ3) is 2.32. The number of nitro groups is 1. The lowest BCUT2D eigenvalue weighted by molar-refractivity contribution is -0.384. The van der Waals surface area contributed by atoms with Crippen molar-refractivity contribution in [2.45, 2.75) is 4.90 Å². The van der Waals surface area contributed by atoms with Gasteiger partial charge in [-0.05, 0) is 12.1 Å². The number of rotatable bonds is 3. The van der Waals surface area contributed by atoms with Gasteiger partial charge in [-0.15, -0.1) is 0 Å². The molecule has 0 bridgehead atoms. The van der Waals surface area contributed by atoms with E-state index < -0.39 is 31.6 Å². The van der Waals surface area contributed by atoms with E-state index in [9.17, 15) is 23.3 Å². The second-order valence-electron chi connectivity index (χ2n) is 3.23. The Hall–Kier alpha value is -2.36. The number of nitrogen functional groups attached to an aromatic ring is 1. The van der Waals surface area contributed by atoms with Crippen LogP contribution in [0.25, 0.3) is 0 Å². The number of nitrogens with zero attached hydrogens (tertiary/aromatic N) is 2. The van der Waals surface area contributed by atoms with Crippen LogP contribution in [0.1, 0.15) is 0 Å². The van der Waals surface area contributed by atoms with E-state index in [2.05, 4.69) is 0 Å². The van der Waals surface area contributed by atoms with Gasteiger partial charge in [0.05, 0.1) is 9.82 Å². The highest BCUT2D eigenvalue weighted by Gasteiger charge is 2.27. The largest absolute Gasteiger partial charge is 0.464 e. The highest BCUT2D eigenvalue weighted by atomic mass is 32.2. The molecule has 0 aromatic heterocycles. The molecule has 0 heterocycles. The van der Waals surface area contributed by atoms with Gasteiger partial charge in [-0.25, -0.2) is 17.5 Å². The maximum absolute atomic E-state index is 11.7. The molecule has 98 valence electrons. The summed E-state index contributed by atoms with van der Waals surface area (Å²) in [6.45, 7) is 0. The van der Waals surface area contributed by atoms with Gasteiger partial charge in [0.2, 0.25) is 0 Å². The SMILES string of the molecule is CN(C(=O)O)S(=O)(=O)c1ccc(N)c([N+](=O)[O-])c1. The molecule has 18 heavy (non-hydrogen) atoms. The van der Waals surface area contributed by atoms with Crippen LogP contribution in [0.5, 0.6) is 0 Å². The molecule has 1 aromatic carbocycles. The van der Waals surface area contributed by atoms with Crippen LogP contribution in [-0.4, -0.2) is 35.9 Å². The maximum Gasteiger partial charge on any atom is 0.421 e. The number of carbonyl (C=O) groups is 1. The fourth-order valence-electron chi connectivity index (χ4n) is 1.10. The van der Waals surface area contributed by atoms with Crippen molar-refractivity contribution in [1.82, 2.24) is 4.31 Å². The quantitative estimate of drug-likeness (QED) is 0.463. The lowest BCUT2D eigenvalue weighted by Crippen LogP contribution is -2.31. The molecule has 0 unspecified atom stereocenters. The standard InChI is InChI=1S/C8H9N3O6S/c1-10(8(12)13)18(16,17)5-2-3-6(9)7(4-5)11(14)15/h2-4H,9H2,1H3,(H,12,13). The molecule has 1 aromatic rings. The Balaban J connectivity index is 3.39. The first-order valence-corrected chi connectivity index (χ1v) is 5.87. The number of amides is 1. The maximum atomic E-state index is 11.7. The van der Waals surface area contributed by atoms with E-state index in [1.807, 2.05) is 0 Å². The average molecular weight is 275 g/mol. The van der Waals surface area contributed by atoms with Gasteiger partial charge >= 0.3 is 6.09 Å². The van der Waals surface area contributed by atoms with Gasteiger partial charge in [0.25, 0.3) is 15.7 Å². The van der Waals surface area contributed by atoms with Crippen molar-refractivity contribution in [3.05, 3.63) is 28.3 Å². The minimum absolute atomic E-state index is 0.0578. The van der Waals surface area contributed by atoms with Gasteiger partial charge in [-0.2, -0.15) is 0 Å². The zero-order chi connectivity index (χ0) is 14.1. The number of hydrogen-bond donors (Lipinski definition) is 2. The van der Waals surface area contributed by atoms with Gasteiger partial charge in [0.1, 0.15) is 5.69 Å². The summed E-state index contributed by atoms with van der Waals surface area (Å²) < 4.78 is 23.5. The summed E-state index contributed by atoms with van der Waals surface area (Å²) in [5.41, 5.74) is 4.49. The van der Waals surface area contributed by atoms with Crippen LogP contribution < -0.4 is 5.73 Å². The van der Waals surface area contributed by atoms with Gasteiger partial charge in [-0.1, -0.05) is 0 Å². The molecule has 9 nitrogen and oxygen atoms in total. The Morgan fingerprint density at radius 1 is 1.50 bits per heavy atom. The van der Waals surface area contributed by atoms with Crippen molar-refractivity contribution in [2.75, 3.05) is 12.8 Å². The molecule has 10 heteroatoms. The van der Waals surface area contributed by atoms with E-state index in [1.54, 1.807) is 0 Å². The molecule has 0 radical (unpaired) electrons. The second-order valence-corrected chi connectivity index (χ2v) is 5.20. The number of sulfonamides is 1. The van der Waals surface area contributed by atoms with Crippen LogP contribution in [0.3, 0.4) is 0 Å². The van der Waals surface area contributed by atoms with Crippen LogP contribution >= 0.6 is 0 Å². The summed E-state index contributed by atoms with van der Waals surface area (Å²) >= 11 is 0. The van der Waals surface area contributed by atoms with Gasteiger partial charge in [-0.3, -0.25) is 10.1 Å². The summed E-state index contributed by atoms with van der Waals surface area (Å²) in [7, 11) is -3.52. The monoisotopic (exact) mass is 275 g/mol. The van der Waals surface area contributed by atoms with Gasteiger partial charge < -0.3 is 10.8 Å². The van der Waals surface area contributed by atoms with Crippen molar-refractivity contribution in [2.24, 2.45) is 0 Å². The Kier molecular flexibility index (Phi) is 3.42. The van der Waals surface area contributed by atoms with E-state index >= 15 is 0 Å². The molecule has 3 N–H and O–H groups in total.